The first-order valence-electron chi connectivity index (χ1n) is 6.68. The standard InChI is InChI=1S/C13H24N2O4/c1-5-15(13(2,3)11(16)17)12(18)14(4)9-10-7-6-8-19-10/h10H,5-9H2,1-4H3,(H,16,17). The van der Waals surface area contributed by atoms with Crippen LogP contribution in [-0.2, 0) is 9.53 Å². The summed E-state index contributed by atoms with van der Waals surface area (Å²) in [7, 11) is 1.69. The molecule has 0 bridgehead atoms. The first kappa shape index (κ1) is 15.8. The van der Waals surface area contributed by atoms with Gasteiger partial charge >= 0.3 is 12.0 Å². The Morgan fingerprint density at radius 2 is 2.05 bits per heavy atom. The highest BCUT2D eigenvalue weighted by molar-refractivity contribution is 5.85. The molecule has 1 N–H and O–H groups in total. The largest absolute Gasteiger partial charge is 0.480 e. The topological polar surface area (TPSA) is 70.1 Å². The van der Waals surface area contributed by atoms with Gasteiger partial charge in [-0.05, 0) is 33.6 Å². The molecule has 0 radical (unpaired) electrons. The van der Waals surface area contributed by atoms with Gasteiger partial charge in [0.1, 0.15) is 5.54 Å². The predicted molar refractivity (Wildman–Crippen MR) is 71.1 cm³/mol. The zero-order chi connectivity index (χ0) is 14.6. The molecule has 1 fully saturated rings. The van der Waals surface area contributed by atoms with E-state index in [1.54, 1.807) is 18.9 Å². The van der Waals surface area contributed by atoms with Gasteiger partial charge in [0.15, 0.2) is 0 Å². The van der Waals surface area contributed by atoms with E-state index in [0.717, 1.165) is 19.4 Å². The van der Waals surface area contributed by atoms with Crippen molar-refractivity contribution in [1.82, 2.24) is 9.80 Å². The van der Waals surface area contributed by atoms with E-state index in [1.807, 2.05) is 0 Å². The number of aliphatic carboxylic acids is 1. The molecule has 1 aliphatic heterocycles. The molecule has 1 aliphatic rings. The second kappa shape index (κ2) is 6.23. The van der Waals surface area contributed by atoms with E-state index >= 15 is 0 Å². The van der Waals surface area contributed by atoms with E-state index in [4.69, 9.17) is 4.74 Å². The number of carbonyl (C=O) groups is 2. The smallest absolute Gasteiger partial charge is 0.329 e. The van der Waals surface area contributed by atoms with Gasteiger partial charge in [0.05, 0.1) is 6.10 Å². The van der Waals surface area contributed by atoms with Gasteiger partial charge in [0.2, 0.25) is 0 Å². The average molecular weight is 272 g/mol. The average Bonchev–Trinajstić information content (AvgIpc) is 2.81. The van der Waals surface area contributed by atoms with Gasteiger partial charge in [-0.3, -0.25) is 0 Å². The van der Waals surface area contributed by atoms with Crippen molar-refractivity contribution < 1.29 is 19.4 Å². The van der Waals surface area contributed by atoms with E-state index in [0.29, 0.717) is 13.1 Å². The lowest BCUT2D eigenvalue weighted by Crippen LogP contribution is -2.57. The van der Waals surface area contributed by atoms with Crippen molar-refractivity contribution in [2.75, 3.05) is 26.7 Å². The zero-order valence-electron chi connectivity index (χ0n) is 12.2. The van der Waals surface area contributed by atoms with Gasteiger partial charge in [-0.2, -0.15) is 0 Å². The Morgan fingerprint density at radius 1 is 1.42 bits per heavy atom. The second-order valence-corrected chi connectivity index (χ2v) is 5.41. The summed E-state index contributed by atoms with van der Waals surface area (Å²) in [5, 5.41) is 9.22. The SMILES string of the molecule is CCN(C(=O)N(C)CC1CCCO1)C(C)(C)C(=O)O. The fourth-order valence-corrected chi connectivity index (χ4v) is 2.26. The van der Waals surface area contributed by atoms with Crippen LogP contribution in [0.1, 0.15) is 33.6 Å². The van der Waals surface area contributed by atoms with Gasteiger partial charge in [-0.1, -0.05) is 0 Å². The molecular weight excluding hydrogens is 248 g/mol. The number of likely N-dealkylation sites (N-methyl/N-ethyl adjacent to an activating group) is 2. The quantitative estimate of drug-likeness (QED) is 0.821. The molecule has 0 aromatic carbocycles. The Hall–Kier alpha value is -1.30. The maximum Gasteiger partial charge on any atom is 0.329 e. The van der Waals surface area contributed by atoms with Gasteiger partial charge < -0.3 is 19.6 Å². The van der Waals surface area contributed by atoms with E-state index in [9.17, 15) is 14.7 Å². The number of ether oxygens (including phenoxy) is 1. The summed E-state index contributed by atoms with van der Waals surface area (Å²) >= 11 is 0. The molecule has 110 valence electrons. The van der Waals surface area contributed by atoms with Crippen LogP contribution in [-0.4, -0.2) is 65.3 Å². The molecular formula is C13H24N2O4. The van der Waals surface area contributed by atoms with Crippen LogP contribution in [0.15, 0.2) is 0 Å². The van der Waals surface area contributed by atoms with Crippen molar-refractivity contribution in [3.8, 4) is 0 Å². The zero-order valence-corrected chi connectivity index (χ0v) is 12.2. The lowest BCUT2D eigenvalue weighted by Gasteiger charge is -2.37. The number of urea groups is 1. The summed E-state index contributed by atoms with van der Waals surface area (Å²) < 4.78 is 5.49. The van der Waals surface area contributed by atoms with Crippen LogP contribution in [0.25, 0.3) is 0 Å². The highest BCUT2D eigenvalue weighted by atomic mass is 16.5. The van der Waals surface area contributed by atoms with Crippen LogP contribution in [0.5, 0.6) is 0 Å². The number of hydrogen-bond donors (Lipinski definition) is 1. The van der Waals surface area contributed by atoms with Gasteiger partial charge in [0, 0.05) is 26.7 Å². The highest BCUT2D eigenvalue weighted by Gasteiger charge is 2.38. The maximum absolute atomic E-state index is 12.3. The highest BCUT2D eigenvalue weighted by Crippen LogP contribution is 2.18. The summed E-state index contributed by atoms with van der Waals surface area (Å²) in [5.74, 6) is -1.01. The number of carboxylic acids is 1. The van der Waals surface area contributed by atoms with Crippen molar-refractivity contribution in [3.63, 3.8) is 0 Å². The molecule has 0 saturated carbocycles. The third-order valence-electron chi connectivity index (χ3n) is 3.57. The fourth-order valence-electron chi connectivity index (χ4n) is 2.26. The molecule has 1 unspecified atom stereocenters. The van der Waals surface area contributed by atoms with Crippen LogP contribution in [0.3, 0.4) is 0 Å². The Bertz CT molecular complexity index is 338. The minimum absolute atomic E-state index is 0.0700. The molecule has 0 aromatic rings. The Morgan fingerprint density at radius 3 is 2.47 bits per heavy atom. The third-order valence-corrected chi connectivity index (χ3v) is 3.57. The number of hydrogen-bond acceptors (Lipinski definition) is 3. The van der Waals surface area contributed by atoms with Gasteiger partial charge in [-0.25, -0.2) is 9.59 Å². The van der Waals surface area contributed by atoms with Crippen LogP contribution in [0.4, 0.5) is 4.79 Å². The lowest BCUT2D eigenvalue weighted by molar-refractivity contribution is -0.147. The molecule has 0 aliphatic carbocycles. The van der Waals surface area contributed by atoms with Gasteiger partial charge in [-0.15, -0.1) is 0 Å². The molecule has 0 aromatic heterocycles. The molecule has 1 rings (SSSR count). The van der Waals surface area contributed by atoms with Crippen molar-refractivity contribution >= 4 is 12.0 Å². The molecule has 1 atom stereocenters. The summed E-state index contributed by atoms with van der Waals surface area (Å²) in [6.45, 7) is 6.46. The Labute approximate surface area is 114 Å². The Balaban J connectivity index is 2.69. The van der Waals surface area contributed by atoms with E-state index in [-0.39, 0.29) is 12.1 Å². The summed E-state index contributed by atoms with van der Waals surface area (Å²) in [6.07, 6.45) is 2.04. The molecule has 0 spiro atoms. The number of amides is 2. The van der Waals surface area contributed by atoms with Crippen molar-refractivity contribution in [2.24, 2.45) is 0 Å². The van der Waals surface area contributed by atoms with Crippen molar-refractivity contribution in [3.05, 3.63) is 0 Å². The predicted octanol–water partition coefficient (Wildman–Crippen LogP) is 1.40. The van der Waals surface area contributed by atoms with Crippen LogP contribution < -0.4 is 0 Å². The number of nitrogens with zero attached hydrogens (tertiary/aromatic N) is 2. The van der Waals surface area contributed by atoms with Crippen LogP contribution in [0, 0.1) is 0 Å². The number of rotatable bonds is 5. The maximum atomic E-state index is 12.3. The summed E-state index contributed by atoms with van der Waals surface area (Å²) in [5.41, 5.74) is -1.21. The van der Waals surface area contributed by atoms with E-state index in [2.05, 4.69) is 0 Å². The van der Waals surface area contributed by atoms with Gasteiger partial charge in [0.25, 0.3) is 0 Å². The summed E-state index contributed by atoms with van der Waals surface area (Å²) in [6, 6.07) is -0.273. The minimum Gasteiger partial charge on any atom is -0.480 e. The number of carboxylic acid groups (broad SMARTS) is 1. The monoisotopic (exact) mass is 272 g/mol. The van der Waals surface area contributed by atoms with E-state index in [1.165, 1.54) is 18.7 Å². The first-order valence-corrected chi connectivity index (χ1v) is 6.68. The summed E-state index contributed by atoms with van der Waals surface area (Å²) in [4.78, 5) is 26.5. The second-order valence-electron chi connectivity index (χ2n) is 5.41. The molecule has 1 saturated heterocycles. The number of carbonyl (C=O) groups excluding carboxylic acids is 1. The molecule has 1 heterocycles. The van der Waals surface area contributed by atoms with Crippen LogP contribution >= 0.6 is 0 Å². The molecule has 6 heteroatoms. The van der Waals surface area contributed by atoms with Crippen LogP contribution in [0.2, 0.25) is 0 Å². The first-order chi connectivity index (χ1) is 8.80. The Kier molecular flexibility index (Phi) is 5.17. The molecule has 19 heavy (non-hydrogen) atoms. The molecule has 2 amide bonds. The molecule has 6 nitrogen and oxygen atoms in total. The minimum atomic E-state index is -1.21. The van der Waals surface area contributed by atoms with E-state index < -0.39 is 11.5 Å². The third kappa shape index (κ3) is 3.59. The van der Waals surface area contributed by atoms with Crippen molar-refractivity contribution in [1.29, 1.82) is 0 Å². The fraction of sp³-hybridized carbons (Fsp3) is 0.846. The van der Waals surface area contributed by atoms with Crippen molar-refractivity contribution in [2.45, 2.75) is 45.3 Å². The lowest BCUT2D eigenvalue weighted by atomic mass is 10.0. The normalized spacial score (nSPS) is 19.3.